The van der Waals surface area contributed by atoms with Crippen LogP contribution in [0.4, 0.5) is 0 Å². The van der Waals surface area contributed by atoms with Gasteiger partial charge in [-0.15, -0.1) is 0 Å². The van der Waals surface area contributed by atoms with Crippen LogP contribution < -0.4 is 5.73 Å². The monoisotopic (exact) mass is 824 g/mol. The van der Waals surface area contributed by atoms with E-state index in [9.17, 15) is 19.0 Å². The summed E-state index contributed by atoms with van der Waals surface area (Å²) in [6.07, 6.45) is 50.1. The van der Waals surface area contributed by atoms with Crippen molar-refractivity contribution in [3.8, 4) is 0 Å². The van der Waals surface area contributed by atoms with Crippen molar-refractivity contribution in [3.63, 3.8) is 0 Å². The summed E-state index contributed by atoms with van der Waals surface area (Å²) in [5.74, 6) is -0.889. The van der Waals surface area contributed by atoms with Crippen LogP contribution >= 0.6 is 7.82 Å². The first-order valence-electron chi connectivity index (χ1n) is 23.1. The molecule has 9 nitrogen and oxygen atoms in total. The molecule has 0 aromatic heterocycles. The lowest BCUT2D eigenvalue weighted by Gasteiger charge is -2.19. The molecule has 2 unspecified atom stereocenters. The molecule has 0 bridgehead atoms. The van der Waals surface area contributed by atoms with Gasteiger partial charge in [0.1, 0.15) is 6.61 Å². The van der Waals surface area contributed by atoms with E-state index in [0.717, 1.165) is 38.5 Å². The fraction of sp³-hybridized carbons (Fsp3) is 0.787. The van der Waals surface area contributed by atoms with Gasteiger partial charge in [0, 0.05) is 19.4 Å². The molecule has 3 N–H and O–H groups in total. The molecule has 2 atom stereocenters. The number of carbonyl (C=O) groups is 2. The third-order valence-electron chi connectivity index (χ3n) is 9.72. The van der Waals surface area contributed by atoms with Crippen molar-refractivity contribution in [2.45, 2.75) is 213 Å². The average Bonchev–Trinajstić information content (AvgIpc) is 3.20. The molecule has 0 spiro atoms. The first-order chi connectivity index (χ1) is 27.8. The van der Waals surface area contributed by atoms with Crippen molar-refractivity contribution in [1.29, 1.82) is 0 Å². The van der Waals surface area contributed by atoms with E-state index in [1.807, 2.05) is 6.08 Å². The summed E-state index contributed by atoms with van der Waals surface area (Å²) in [6, 6.07) is 0. The van der Waals surface area contributed by atoms with Gasteiger partial charge in [0.2, 0.25) is 0 Å². The Morgan fingerprint density at radius 1 is 0.526 bits per heavy atom. The number of esters is 2. The van der Waals surface area contributed by atoms with Crippen LogP contribution in [-0.2, 0) is 32.7 Å². The summed E-state index contributed by atoms with van der Waals surface area (Å²) in [4.78, 5) is 34.9. The predicted molar refractivity (Wildman–Crippen MR) is 238 cm³/mol. The highest BCUT2D eigenvalue weighted by Gasteiger charge is 2.26. The summed E-state index contributed by atoms with van der Waals surface area (Å²) in [7, 11) is -4.39. The lowest BCUT2D eigenvalue weighted by atomic mass is 10.0. The van der Waals surface area contributed by atoms with Gasteiger partial charge in [0.15, 0.2) is 6.10 Å². The Bertz CT molecular complexity index is 1080. The standard InChI is InChI=1S/C47H86NO8P/c1-3-5-7-9-11-13-15-17-19-21-22-24-25-27-29-31-33-35-37-39-46(49)53-43-45(44-55-57(51,52)54-42-41-48)56-47(50)40-38-36-34-32-30-28-26-23-20-18-16-14-12-10-8-6-4-2/h12,14,18,20,26,28,32,34,45H,3-11,13,15-17,19,21-25,27,29-31,33,35-44,48H2,1-2H3,(H,51,52). The zero-order valence-corrected chi connectivity index (χ0v) is 37.5. The Morgan fingerprint density at radius 3 is 1.40 bits per heavy atom. The average molecular weight is 824 g/mol. The molecule has 0 aliphatic rings. The summed E-state index contributed by atoms with van der Waals surface area (Å²) in [5.41, 5.74) is 5.35. The first kappa shape index (κ1) is 55.0. The zero-order chi connectivity index (χ0) is 41.8. The largest absolute Gasteiger partial charge is 0.472 e. The quantitative estimate of drug-likeness (QED) is 0.0267. The van der Waals surface area contributed by atoms with Crippen molar-refractivity contribution >= 4 is 19.8 Å². The van der Waals surface area contributed by atoms with Crippen molar-refractivity contribution in [3.05, 3.63) is 48.6 Å². The Labute approximate surface area is 349 Å². The van der Waals surface area contributed by atoms with E-state index in [4.69, 9.17) is 24.3 Å². The number of rotatable bonds is 43. The van der Waals surface area contributed by atoms with Crippen LogP contribution in [0.15, 0.2) is 48.6 Å². The zero-order valence-electron chi connectivity index (χ0n) is 36.6. The topological polar surface area (TPSA) is 134 Å². The summed E-state index contributed by atoms with van der Waals surface area (Å²) in [6.45, 7) is 3.66. The maximum atomic E-state index is 12.6. The molecule has 0 saturated carbocycles. The third-order valence-corrected chi connectivity index (χ3v) is 10.7. The molecule has 0 aromatic rings. The number of hydrogen-bond donors (Lipinski definition) is 2. The van der Waals surface area contributed by atoms with E-state index in [0.29, 0.717) is 12.8 Å². The molecule has 57 heavy (non-hydrogen) atoms. The minimum atomic E-state index is -4.39. The Balaban J connectivity index is 4.17. The molecule has 0 saturated heterocycles. The normalized spacial score (nSPS) is 13.7. The number of unbranched alkanes of at least 4 members (excludes halogenated alkanes) is 22. The molecule has 10 heteroatoms. The van der Waals surface area contributed by atoms with Gasteiger partial charge in [0.05, 0.1) is 13.2 Å². The number of phosphoric acid groups is 1. The molecule has 0 aliphatic carbocycles. The van der Waals surface area contributed by atoms with E-state index in [1.54, 1.807) is 0 Å². The first-order valence-corrected chi connectivity index (χ1v) is 24.6. The van der Waals surface area contributed by atoms with Crippen LogP contribution in [0.2, 0.25) is 0 Å². The van der Waals surface area contributed by atoms with E-state index >= 15 is 0 Å². The van der Waals surface area contributed by atoms with Crippen molar-refractivity contribution in [2.75, 3.05) is 26.4 Å². The van der Waals surface area contributed by atoms with Gasteiger partial charge in [-0.25, -0.2) is 4.57 Å². The lowest BCUT2D eigenvalue weighted by molar-refractivity contribution is -0.161. The minimum absolute atomic E-state index is 0.0445. The molecule has 0 fully saturated rings. The molecular weight excluding hydrogens is 737 g/mol. The number of phosphoric ester groups is 1. The van der Waals surface area contributed by atoms with Gasteiger partial charge < -0.3 is 20.1 Å². The van der Waals surface area contributed by atoms with Crippen molar-refractivity contribution in [1.82, 2.24) is 0 Å². The van der Waals surface area contributed by atoms with Crippen LogP contribution in [0.25, 0.3) is 0 Å². The lowest BCUT2D eigenvalue weighted by Crippen LogP contribution is -2.29. The molecule has 332 valence electrons. The highest BCUT2D eigenvalue weighted by Crippen LogP contribution is 2.43. The smallest absolute Gasteiger partial charge is 0.462 e. The Hall–Kier alpha value is -2.03. The van der Waals surface area contributed by atoms with E-state index in [1.165, 1.54) is 128 Å². The summed E-state index contributed by atoms with van der Waals surface area (Å²) in [5, 5.41) is 0. The van der Waals surface area contributed by atoms with Crippen molar-refractivity contribution in [2.24, 2.45) is 5.73 Å². The maximum Gasteiger partial charge on any atom is 0.472 e. The van der Waals surface area contributed by atoms with Crippen LogP contribution in [0.3, 0.4) is 0 Å². The molecular formula is C47H86NO8P. The Morgan fingerprint density at radius 2 is 0.930 bits per heavy atom. The van der Waals surface area contributed by atoms with E-state index in [2.05, 4.69) is 56.4 Å². The Kier molecular flexibility index (Phi) is 42.0. The minimum Gasteiger partial charge on any atom is -0.462 e. The molecule has 0 aromatic carbocycles. The second-order valence-corrected chi connectivity index (χ2v) is 16.7. The van der Waals surface area contributed by atoms with Gasteiger partial charge in [0.25, 0.3) is 0 Å². The molecule has 0 amide bonds. The van der Waals surface area contributed by atoms with Gasteiger partial charge >= 0.3 is 19.8 Å². The fourth-order valence-corrected chi connectivity index (χ4v) is 7.04. The number of hydrogen-bond acceptors (Lipinski definition) is 8. The molecule has 0 radical (unpaired) electrons. The summed E-state index contributed by atoms with van der Waals surface area (Å²) < 4.78 is 32.8. The summed E-state index contributed by atoms with van der Waals surface area (Å²) >= 11 is 0. The SMILES string of the molecule is CCCCCC=CCC=CCC=CCC=CCCCC(=O)OC(COC(=O)CCCCCCCCCCCCCCCCCCCCC)COP(=O)(O)OCCN. The third kappa shape index (κ3) is 43.4. The number of carbonyl (C=O) groups excluding carboxylic acids is 2. The number of ether oxygens (including phenoxy) is 2. The van der Waals surface area contributed by atoms with E-state index < -0.39 is 32.5 Å². The van der Waals surface area contributed by atoms with Gasteiger partial charge in [-0.05, 0) is 51.4 Å². The second-order valence-electron chi connectivity index (χ2n) is 15.3. The highest BCUT2D eigenvalue weighted by molar-refractivity contribution is 7.47. The molecule has 0 aliphatic heterocycles. The molecule has 0 heterocycles. The maximum absolute atomic E-state index is 12.6. The van der Waals surface area contributed by atoms with Crippen LogP contribution in [0.1, 0.15) is 206 Å². The van der Waals surface area contributed by atoms with Crippen LogP contribution in [0, 0.1) is 0 Å². The molecule has 0 rings (SSSR count). The number of nitrogens with two attached hydrogens (primary N) is 1. The highest BCUT2D eigenvalue weighted by atomic mass is 31.2. The predicted octanol–water partition coefficient (Wildman–Crippen LogP) is 13.5. The van der Waals surface area contributed by atoms with Crippen molar-refractivity contribution < 1.29 is 37.6 Å². The van der Waals surface area contributed by atoms with Crippen LogP contribution in [-0.4, -0.2) is 49.3 Å². The van der Waals surface area contributed by atoms with Gasteiger partial charge in [-0.2, -0.15) is 0 Å². The van der Waals surface area contributed by atoms with E-state index in [-0.39, 0.29) is 32.6 Å². The van der Waals surface area contributed by atoms with Crippen LogP contribution in [0.5, 0.6) is 0 Å². The fourth-order valence-electron chi connectivity index (χ4n) is 6.27. The number of allylic oxidation sites excluding steroid dienone is 8. The van der Waals surface area contributed by atoms with Gasteiger partial charge in [-0.1, -0.05) is 191 Å². The van der Waals surface area contributed by atoms with Gasteiger partial charge in [-0.3, -0.25) is 18.6 Å². The second kappa shape index (κ2) is 43.5.